The SMILES string of the molecule is CCOc1ccccc1-n1nnnc1SCc1coc(-c2ccc(F)cc2)n1. The molecule has 0 spiro atoms. The summed E-state index contributed by atoms with van der Waals surface area (Å²) in [5.41, 5.74) is 2.22. The standard InChI is InChI=1S/C19H16FN5O2S/c1-2-26-17-6-4-3-5-16(17)25-19(22-23-24-25)28-12-15-11-27-18(21-15)13-7-9-14(20)10-8-13/h3-11H,2,12H2,1H3. The van der Waals surface area contributed by atoms with Gasteiger partial charge in [-0.05, 0) is 53.7 Å². The van der Waals surface area contributed by atoms with Gasteiger partial charge < -0.3 is 9.15 Å². The van der Waals surface area contributed by atoms with E-state index >= 15 is 0 Å². The highest BCUT2D eigenvalue weighted by molar-refractivity contribution is 7.98. The lowest BCUT2D eigenvalue weighted by molar-refractivity contribution is 0.337. The largest absolute Gasteiger partial charge is 0.492 e. The fraction of sp³-hybridized carbons (Fsp3) is 0.158. The van der Waals surface area contributed by atoms with Crippen LogP contribution in [-0.4, -0.2) is 31.8 Å². The molecule has 4 rings (SSSR count). The lowest BCUT2D eigenvalue weighted by Gasteiger charge is -2.10. The van der Waals surface area contributed by atoms with Crippen molar-refractivity contribution in [3.63, 3.8) is 0 Å². The highest BCUT2D eigenvalue weighted by Crippen LogP contribution is 2.28. The van der Waals surface area contributed by atoms with Crippen molar-refractivity contribution >= 4 is 11.8 Å². The van der Waals surface area contributed by atoms with Crippen molar-refractivity contribution in [3.05, 3.63) is 66.3 Å². The maximum absolute atomic E-state index is 13.1. The second-order valence-corrected chi connectivity index (χ2v) is 6.66. The minimum Gasteiger partial charge on any atom is -0.492 e. The molecule has 2 aromatic heterocycles. The summed E-state index contributed by atoms with van der Waals surface area (Å²) >= 11 is 1.43. The monoisotopic (exact) mass is 397 g/mol. The summed E-state index contributed by atoms with van der Waals surface area (Å²) in [6.07, 6.45) is 1.58. The summed E-state index contributed by atoms with van der Waals surface area (Å²) in [5.74, 6) is 1.36. The molecule has 0 bridgehead atoms. The Bertz CT molecular complexity index is 1060. The Kier molecular flexibility index (Phi) is 5.34. The van der Waals surface area contributed by atoms with Crippen LogP contribution < -0.4 is 4.74 Å². The van der Waals surface area contributed by atoms with Crippen LogP contribution in [0.25, 0.3) is 17.1 Å². The molecule has 9 heteroatoms. The predicted octanol–water partition coefficient (Wildman–Crippen LogP) is 4.15. The van der Waals surface area contributed by atoms with Gasteiger partial charge in [-0.15, -0.1) is 5.10 Å². The minimum atomic E-state index is -0.301. The van der Waals surface area contributed by atoms with E-state index in [1.165, 1.54) is 23.9 Å². The Morgan fingerprint density at radius 1 is 1.14 bits per heavy atom. The van der Waals surface area contributed by atoms with E-state index in [4.69, 9.17) is 9.15 Å². The highest BCUT2D eigenvalue weighted by atomic mass is 32.2. The topological polar surface area (TPSA) is 78.9 Å². The van der Waals surface area contributed by atoms with Crippen LogP contribution in [0.4, 0.5) is 4.39 Å². The molecule has 2 aromatic carbocycles. The molecule has 0 atom stereocenters. The molecule has 0 aliphatic rings. The first kappa shape index (κ1) is 18.2. The number of thioether (sulfide) groups is 1. The zero-order chi connectivity index (χ0) is 19.3. The lowest BCUT2D eigenvalue weighted by Crippen LogP contribution is -2.03. The van der Waals surface area contributed by atoms with Crippen molar-refractivity contribution < 1.29 is 13.5 Å². The Balaban J connectivity index is 1.50. The average molecular weight is 397 g/mol. The van der Waals surface area contributed by atoms with E-state index in [1.54, 1.807) is 23.1 Å². The van der Waals surface area contributed by atoms with E-state index < -0.39 is 0 Å². The molecular weight excluding hydrogens is 381 g/mol. The highest BCUT2D eigenvalue weighted by Gasteiger charge is 2.15. The molecule has 142 valence electrons. The van der Waals surface area contributed by atoms with Gasteiger partial charge >= 0.3 is 0 Å². The van der Waals surface area contributed by atoms with Gasteiger partial charge in [0.15, 0.2) is 0 Å². The van der Waals surface area contributed by atoms with Gasteiger partial charge in [0.25, 0.3) is 0 Å². The van der Waals surface area contributed by atoms with Gasteiger partial charge in [-0.2, -0.15) is 4.68 Å². The molecule has 0 amide bonds. The van der Waals surface area contributed by atoms with Gasteiger partial charge in [0.05, 0.1) is 12.3 Å². The third-order valence-corrected chi connectivity index (χ3v) is 4.78. The van der Waals surface area contributed by atoms with E-state index in [0.29, 0.717) is 34.7 Å². The van der Waals surface area contributed by atoms with Crippen molar-refractivity contribution in [2.24, 2.45) is 0 Å². The van der Waals surface area contributed by atoms with Crippen LogP contribution in [0.15, 0.2) is 64.4 Å². The molecule has 0 fully saturated rings. The lowest BCUT2D eigenvalue weighted by atomic mass is 10.2. The van der Waals surface area contributed by atoms with E-state index in [9.17, 15) is 4.39 Å². The number of aromatic nitrogens is 5. The van der Waals surface area contributed by atoms with Gasteiger partial charge in [0, 0.05) is 11.3 Å². The first-order valence-electron chi connectivity index (χ1n) is 8.58. The van der Waals surface area contributed by atoms with Crippen LogP contribution in [0.1, 0.15) is 12.6 Å². The molecule has 0 N–H and O–H groups in total. The zero-order valence-electron chi connectivity index (χ0n) is 14.9. The van der Waals surface area contributed by atoms with Crippen LogP contribution in [0, 0.1) is 5.82 Å². The van der Waals surface area contributed by atoms with Crippen molar-refractivity contribution in [3.8, 4) is 22.9 Å². The Morgan fingerprint density at radius 3 is 2.79 bits per heavy atom. The molecule has 0 unspecified atom stereocenters. The van der Waals surface area contributed by atoms with Crippen LogP contribution in [-0.2, 0) is 5.75 Å². The summed E-state index contributed by atoms with van der Waals surface area (Å²) < 4.78 is 25.9. The summed E-state index contributed by atoms with van der Waals surface area (Å²) in [6.45, 7) is 2.47. The maximum Gasteiger partial charge on any atom is 0.226 e. The van der Waals surface area contributed by atoms with E-state index in [0.717, 1.165) is 11.4 Å². The molecule has 0 aliphatic carbocycles. The molecule has 28 heavy (non-hydrogen) atoms. The molecule has 0 radical (unpaired) electrons. The first-order chi connectivity index (χ1) is 13.7. The Labute approximate surface area is 164 Å². The van der Waals surface area contributed by atoms with E-state index in [1.807, 2.05) is 31.2 Å². The normalized spacial score (nSPS) is 10.9. The van der Waals surface area contributed by atoms with Gasteiger partial charge in [-0.1, -0.05) is 23.9 Å². The number of oxazole rings is 1. The van der Waals surface area contributed by atoms with E-state index in [2.05, 4.69) is 20.5 Å². The molecule has 4 aromatic rings. The van der Waals surface area contributed by atoms with Crippen molar-refractivity contribution in [2.75, 3.05) is 6.61 Å². The third-order valence-electron chi connectivity index (χ3n) is 3.83. The minimum absolute atomic E-state index is 0.301. The molecule has 0 saturated carbocycles. The van der Waals surface area contributed by atoms with Crippen LogP contribution in [0.5, 0.6) is 5.75 Å². The van der Waals surface area contributed by atoms with Gasteiger partial charge in [0.2, 0.25) is 11.0 Å². The predicted molar refractivity (Wildman–Crippen MR) is 102 cm³/mol. The van der Waals surface area contributed by atoms with Crippen molar-refractivity contribution in [2.45, 2.75) is 17.8 Å². The number of benzene rings is 2. The second-order valence-electron chi connectivity index (χ2n) is 5.71. The number of hydrogen-bond donors (Lipinski definition) is 0. The van der Waals surface area contributed by atoms with Crippen molar-refractivity contribution in [1.29, 1.82) is 0 Å². The quantitative estimate of drug-likeness (QED) is 0.434. The molecule has 7 nitrogen and oxygen atoms in total. The van der Waals surface area contributed by atoms with Crippen LogP contribution in [0.2, 0.25) is 0 Å². The fourth-order valence-corrected chi connectivity index (χ4v) is 3.33. The number of rotatable bonds is 7. The summed E-state index contributed by atoms with van der Waals surface area (Å²) in [7, 11) is 0. The number of ether oxygens (including phenoxy) is 1. The smallest absolute Gasteiger partial charge is 0.226 e. The molecule has 0 saturated heterocycles. The molecule has 2 heterocycles. The second kappa shape index (κ2) is 8.22. The first-order valence-corrected chi connectivity index (χ1v) is 9.57. The van der Waals surface area contributed by atoms with E-state index in [-0.39, 0.29) is 5.82 Å². The summed E-state index contributed by atoms with van der Waals surface area (Å²) in [4.78, 5) is 4.45. The Hall–Kier alpha value is -3.20. The summed E-state index contributed by atoms with van der Waals surface area (Å²) in [6, 6.07) is 13.6. The zero-order valence-corrected chi connectivity index (χ0v) is 15.8. The van der Waals surface area contributed by atoms with Gasteiger partial charge in [0.1, 0.15) is 23.5 Å². The maximum atomic E-state index is 13.1. The van der Waals surface area contributed by atoms with Crippen molar-refractivity contribution in [1.82, 2.24) is 25.2 Å². The Morgan fingerprint density at radius 2 is 1.96 bits per heavy atom. The fourth-order valence-electron chi connectivity index (χ4n) is 2.57. The van der Waals surface area contributed by atoms with Crippen LogP contribution >= 0.6 is 11.8 Å². The third kappa shape index (κ3) is 3.89. The molecule has 0 aliphatic heterocycles. The number of hydrogen-bond acceptors (Lipinski definition) is 7. The summed E-state index contributed by atoms with van der Waals surface area (Å²) in [5, 5.41) is 12.6. The van der Waals surface area contributed by atoms with Gasteiger partial charge in [-0.3, -0.25) is 0 Å². The molecular formula is C19H16FN5O2S. The number of tetrazole rings is 1. The van der Waals surface area contributed by atoms with Gasteiger partial charge in [-0.25, -0.2) is 9.37 Å². The number of halogens is 1. The number of nitrogens with zero attached hydrogens (tertiary/aromatic N) is 5. The average Bonchev–Trinajstić information content (AvgIpc) is 3.37. The number of para-hydroxylation sites is 2. The van der Waals surface area contributed by atoms with Crippen LogP contribution in [0.3, 0.4) is 0 Å².